The summed E-state index contributed by atoms with van der Waals surface area (Å²) in [7, 11) is -4.21. The molecule has 0 saturated carbocycles. The number of rotatable bonds is 6. The van der Waals surface area contributed by atoms with Gasteiger partial charge in [-0.15, -0.1) is 0 Å². The molecule has 1 heterocycles. The minimum Gasteiger partial charge on any atom is -0.339 e. The number of hydrogen-bond donors (Lipinski definition) is 1. The van der Waals surface area contributed by atoms with Crippen LogP contribution in [0.25, 0.3) is 0 Å². The lowest BCUT2D eigenvalue weighted by Crippen LogP contribution is -2.57. The zero-order valence-corrected chi connectivity index (χ0v) is 19.0. The van der Waals surface area contributed by atoms with Gasteiger partial charge in [-0.1, -0.05) is 42.8 Å². The smallest absolute Gasteiger partial charge is 0.261 e. The van der Waals surface area contributed by atoms with Gasteiger partial charge in [0.1, 0.15) is 0 Å². The Labute approximate surface area is 188 Å². The highest BCUT2D eigenvalue weighted by atomic mass is 32.2. The number of piperazine rings is 1. The number of nitrogens with one attached hydrogen (secondary N) is 1. The Balaban J connectivity index is 1.88. The highest BCUT2D eigenvalue weighted by molar-refractivity contribution is 7.92. The van der Waals surface area contributed by atoms with Crippen LogP contribution in [0, 0.1) is 6.92 Å². The van der Waals surface area contributed by atoms with Crippen LogP contribution in [-0.4, -0.2) is 67.5 Å². The average molecular weight is 458 g/mol. The van der Waals surface area contributed by atoms with Gasteiger partial charge in [-0.25, -0.2) is 8.42 Å². The van der Waals surface area contributed by atoms with Gasteiger partial charge in [0.05, 0.1) is 4.90 Å². The Morgan fingerprint density at radius 2 is 1.47 bits per heavy atom. The van der Waals surface area contributed by atoms with Crippen molar-refractivity contribution in [2.24, 2.45) is 0 Å². The molecule has 0 radical (unpaired) electrons. The van der Waals surface area contributed by atoms with E-state index in [1.54, 1.807) is 54.3 Å². The maximum absolute atomic E-state index is 13.4. The summed E-state index contributed by atoms with van der Waals surface area (Å²) in [6, 6.07) is 14.3. The minimum atomic E-state index is -4.21. The summed E-state index contributed by atoms with van der Waals surface area (Å²) in [5.74, 6) is -1.38. The number of carbonyl (C=O) groups is 3. The summed E-state index contributed by atoms with van der Waals surface area (Å²) in [5.41, 5.74) is 1.12. The van der Waals surface area contributed by atoms with Gasteiger partial charge in [-0.05, 0) is 31.2 Å². The molecular weight excluding hydrogens is 430 g/mol. The van der Waals surface area contributed by atoms with Crippen LogP contribution in [0.1, 0.15) is 29.3 Å². The molecule has 0 unspecified atom stereocenters. The van der Waals surface area contributed by atoms with Gasteiger partial charge in [-0.3, -0.25) is 14.4 Å². The summed E-state index contributed by atoms with van der Waals surface area (Å²) >= 11 is 0. The first-order valence-corrected chi connectivity index (χ1v) is 12.0. The van der Waals surface area contributed by atoms with Crippen LogP contribution in [0.5, 0.6) is 0 Å². The number of carbonyl (C=O) groups excluding carboxylic acids is 3. The second kappa shape index (κ2) is 9.95. The Hall–Kier alpha value is -3.20. The fourth-order valence-electron chi connectivity index (χ4n) is 3.49. The van der Waals surface area contributed by atoms with Gasteiger partial charge < -0.3 is 15.1 Å². The number of benzene rings is 2. The molecular formula is C23H27N3O5S. The van der Waals surface area contributed by atoms with Crippen LogP contribution in [0.3, 0.4) is 0 Å². The van der Waals surface area contributed by atoms with E-state index in [0.29, 0.717) is 19.5 Å². The molecule has 1 aliphatic heterocycles. The molecule has 1 atom stereocenters. The maximum atomic E-state index is 13.4. The van der Waals surface area contributed by atoms with Gasteiger partial charge in [0.15, 0.2) is 0 Å². The van der Waals surface area contributed by atoms with Gasteiger partial charge in [0.25, 0.3) is 11.8 Å². The lowest BCUT2D eigenvalue weighted by molar-refractivity contribution is -0.139. The number of sulfone groups is 1. The molecule has 0 aliphatic carbocycles. The molecule has 8 nitrogen and oxygen atoms in total. The maximum Gasteiger partial charge on any atom is 0.261 e. The molecule has 0 bridgehead atoms. The van der Waals surface area contributed by atoms with E-state index in [1.165, 1.54) is 17.0 Å². The quantitative estimate of drug-likeness (QED) is 0.710. The van der Waals surface area contributed by atoms with Crippen molar-refractivity contribution in [1.29, 1.82) is 0 Å². The Kier molecular flexibility index (Phi) is 7.29. The molecule has 1 aliphatic rings. The first-order valence-electron chi connectivity index (χ1n) is 10.5. The third-order valence-electron chi connectivity index (χ3n) is 5.43. The Morgan fingerprint density at radius 1 is 0.906 bits per heavy atom. The van der Waals surface area contributed by atoms with Gasteiger partial charge >= 0.3 is 0 Å². The second-order valence-electron chi connectivity index (χ2n) is 7.64. The molecule has 3 amide bonds. The predicted molar refractivity (Wildman–Crippen MR) is 120 cm³/mol. The topological polar surface area (TPSA) is 104 Å². The van der Waals surface area contributed by atoms with Crippen molar-refractivity contribution in [2.75, 3.05) is 26.2 Å². The fraction of sp³-hybridized carbons (Fsp3) is 0.348. The zero-order valence-electron chi connectivity index (χ0n) is 18.2. The molecule has 0 aromatic heterocycles. The lowest BCUT2D eigenvalue weighted by atomic mass is 10.2. The highest BCUT2D eigenvalue weighted by Crippen LogP contribution is 2.19. The number of amides is 3. The molecule has 0 spiro atoms. The standard InChI is InChI=1S/C23H27N3O5S/c1-3-20(27)25-13-15-26(16-14-25)23(29)22(24-21(28)18-7-5-4-6-8-18)32(30,31)19-11-9-17(2)10-12-19/h4-12,22H,3,13-16H2,1-2H3,(H,24,28)/t22-/m0/s1. The molecule has 1 N–H and O–H groups in total. The van der Waals surface area contributed by atoms with Crippen molar-refractivity contribution in [2.45, 2.75) is 30.5 Å². The van der Waals surface area contributed by atoms with E-state index < -0.39 is 27.0 Å². The summed E-state index contributed by atoms with van der Waals surface area (Å²) in [6.07, 6.45) is 0.367. The number of nitrogens with zero attached hydrogens (tertiary/aromatic N) is 2. The number of aryl methyl sites for hydroxylation is 1. The first-order chi connectivity index (χ1) is 15.2. The van der Waals surface area contributed by atoms with Crippen molar-refractivity contribution < 1.29 is 22.8 Å². The van der Waals surface area contributed by atoms with Crippen LogP contribution in [0.15, 0.2) is 59.5 Å². The number of hydrogen-bond acceptors (Lipinski definition) is 5. The van der Waals surface area contributed by atoms with Crippen LogP contribution >= 0.6 is 0 Å². The monoisotopic (exact) mass is 457 g/mol. The molecule has 1 fully saturated rings. The molecule has 3 rings (SSSR count). The van der Waals surface area contributed by atoms with Crippen molar-refractivity contribution in [3.8, 4) is 0 Å². The second-order valence-corrected chi connectivity index (χ2v) is 9.67. The van der Waals surface area contributed by atoms with Crippen molar-refractivity contribution >= 4 is 27.6 Å². The first kappa shape index (κ1) is 23.5. The van der Waals surface area contributed by atoms with E-state index in [1.807, 2.05) is 6.92 Å². The Bertz CT molecular complexity index is 1080. The van der Waals surface area contributed by atoms with E-state index in [9.17, 15) is 22.8 Å². The summed E-state index contributed by atoms with van der Waals surface area (Å²) in [5, 5.41) is 0.658. The van der Waals surface area contributed by atoms with Crippen LogP contribution in [0.4, 0.5) is 0 Å². The predicted octanol–water partition coefficient (Wildman–Crippen LogP) is 1.61. The summed E-state index contributed by atoms with van der Waals surface area (Å²) < 4.78 is 26.8. The van der Waals surface area contributed by atoms with Crippen LogP contribution in [0.2, 0.25) is 0 Å². The largest absolute Gasteiger partial charge is 0.339 e. The highest BCUT2D eigenvalue weighted by Gasteiger charge is 2.39. The SMILES string of the molecule is CCC(=O)N1CCN(C(=O)[C@@H](NC(=O)c2ccccc2)S(=O)(=O)c2ccc(C)cc2)CC1. The van der Waals surface area contributed by atoms with E-state index >= 15 is 0 Å². The third kappa shape index (κ3) is 5.16. The van der Waals surface area contributed by atoms with Gasteiger partial charge in [-0.2, -0.15) is 0 Å². The molecule has 2 aromatic carbocycles. The van der Waals surface area contributed by atoms with Crippen molar-refractivity contribution in [3.05, 3.63) is 65.7 Å². The van der Waals surface area contributed by atoms with E-state index in [2.05, 4.69) is 5.32 Å². The molecule has 2 aromatic rings. The minimum absolute atomic E-state index is 0.0155. The fourth-order valence-corrected chi connectivity index (χ4v) is 4.96. The van der Waals surface area contributed by atoms with Gasteiger partial charge in [0.2, 0.25) is 21.1 Å². The third-order valence-corrected chi connectivity index (χ3v) is 7.30. The summed E-state index contributed by atoms with van der Waals surface area (Å²) in [4.78, 5) is 41.0. The molecule has 1 saturated heterocycles. The van der Waals surface area contributed by atoms with Crippen LogP contribution in [-0.2, 0) is 19.4 Å². The molecule has 170 valence electrons. The molecule has 9 heteroatoms. The normalized spacial score (nSPS) is 15.2. The molecule has 32 heavy (non-hydrogen) atoms. The van der Waals surface area contributed by atoms with Crippen molar-refractivity contribution in [1.82, 2.24) is 15.1 Å². The van der Waals surface area contributed by atoms with E-state index in [-0.39, 0.29) is 29.5 Å². The average Bonchev–Trinajstić information content (AvgIpc) is 2.82. The van der Waals surface area contributed by atoms with E-state index in [4.69, 9.17) is 0 Å². The zero-order chi connectivity index (χ0) is 23.3. The van der Waals surface area contributed by atoms with E-state index in [0.717, 1.165) is 5.56 Å². The van der Waals surface area contributed by atoms with Crippen LogP contribution < -0.4 is 5.32 Å². The Morgan fingerprint density at radius 3 is 2.03 bits per heavy atom. The summed E-state index contributed by atoms with van der Waals surface area (Å²) in [6.45, 7) is 4.64. The lowest BCUT2D eigenvalue weighted by Gasteiger charge is -2.36. The van der Waals surface area contributed by atoms with Crippen molar-refractivity contribution in [3.63, 3.8) is 0 Å². The van der Waals surface area contributed by atoms with Gasteiger partial charge in [0, 0.05) is 38.2 Å².